The van der Waals surface area contributed by atoms with Crippen LogP contribution in [0.15, 0.2) is 54.7 Å². The summed E-state index contributed by atoms with van der Waals surface area (Å²) >= 11 is 0. The van der Waals surface area contributed by atoms with Crippen LogP contribution in [0, 0.1) is 17.3 Å². The molecule has 0 amide bonds. The largest absolute Gasteiger partial charge is 0.460 e. The summed E-state index contributed by atoms with van der Waals surface area (Å²) in [4.78, 5) is 69.4. The molecule has 5 rings (SSSR count). The minimum Gasteiger partial charge on any atom is -0.460 e. The minimum absolute atomic E-state index is 0.00750. The van der Waals surface area contributed by atoms with Crippen LogP contribution in [0.1, 0.15) is 75.2 Å². The smallest absolute Gasteiger partial charge is 0.356 e. The quantitative estimate of drug-likeness (QED) is 0.305. The van der Waals surface area contributed by atoms with E-state index in [1.807, 2.05) is 20.8 Å². The first-order chi connectivity index (χ1) is 21.7. The first-order valence-electron chi connectivity index (χ1n) is 15.3. The molecule has 1 aromatic carbocycles. The number of rotatable bonds is 8. The standard InChI is InChI=1S/C34H39NO11/c1-19-16-26(42-20(2)36)28(44-22(4)38)33(18-41-31(40)25-14-10-11-15-35-25)29(45-30(39)23-12-8-7-9-13-23)27(43-21(3)37)24-17-34(19,33)46-32(24,5)6/h7-15,19,24,26-29H,16-18H2,1-6H3. The van der Waals surface area contributed by atoms with Gasteiger partial charge in [-0.2, -0.15) is 0 Å². The Hall–Kier alpha value is -4.32. The van der Waals surface area contributed by atoms with E-state index in [0.29, 0.717) is 0 Å². The summed E-state index contributed by atoms with van der Waals surface area (Å²) in [7, 11) is 0. The number of benzene rings is 1. The summed E-state index contributed by atoms with van der Waals surface area (Å²) in [6.45, 7) is 8.73. The van der Waals surface area contributed by atoms with E-state index in [9.17, 15) is 24.0 Å². The number of nitrogens with zero attached hydrogens (tertiary/aromatic N) is 1. The molecule has 2 aromatic rings. The van der Waals surface area contributed by atoms with E-state index in [2.05, 4.69) is 4.98 Å². The molecule has 246 valence electrons. The van der Waals surface area contributed by atoms with Gasteiger partial charge < -0.3 is 28.4 Å². The topological polar surface area (TPSA) is 154 Å². The molecule has 8 unspecified atom stereocenters. The van der Waals surface area contributed by atoms with Crippen molar-refractivity contribution in [2.75, 3.05) is 6.61 Å². The summed E-state index contributed by atoms with van der Waals surface area (Å²) in [6.07, 6.45) is -3.03. The van der Waals surface area contributed by atoms with E-state index in [1.165, 1.54) is 33.0 Å². The lowest BCUT2D eigenvalue weighted by Gasteiger charge is -2.62. The molecule has 3 fully saturated rings. The monoisotopic (exact) mass is 637 g/mol. The SMILES string of the molecule is CC(=O)OC1CC(C)C23CC(C(OC(C)=O)C(OC(=O)c4ccccc4)C2(COC(=O)c2ccccn2)C1OC(C)=O)C(C)(C)O3. The number of ether oxygens (including phenoxy) is 6. The zero-order valence-electron chi connectivity index (χ0n) is 26.7. The highest BCUT2D eigenvalue weighted by Gasteiger charge is 2.81. The van der Waals surface area contributed by atoms with Crippen LogP contribution in [0.5, 0.6) is 0 Å². The third-order valence-corrected chi connectivity index (χ3v) is 9.55. The molecule has 46 heavy (non-hydrogen) atoms. The first-order valence-corrected chi connectivity index (χ1v) is 15.3. The summed E-state index contributed by atoms with van der Waals surface area (Å²) < 4.78 is 37.1. The molecule has 2 heterocycles. The molecule has 0 radical (unpaired) electrons. The zero-order valence-corrected chi connectivity index (χ0v) is 26.7. The van der Waals surface area contributed by atoms with Gasteiger partial charge in [0.15, 0.2) is 12.2 Å². The third-order valence-electron chi connectivity index (χ3n) is 9.55. The normalized spacial score (nSPS) is 32.3. The summed E-state index contributed by atoms with van der Waals surface area (Å²) in [5.74, 6) is -4.47. The fraction of sp³-hybridized carbons (Fsp3) is 0.529. The Kier molecular flexibility index (Phi) is 8.96. The average Bonchev–Trinajstić information content (AvgIpc) is 3.26. The molecule has 1 aliphatic heterocycles. The van der Waals surface area contributed by atoms with Gasteiger partial charge in [-0.1, -0.05) is 31.2 Å². The molecule has 1 aromatic heterocycles. The van der Waals surface area contributed by atoms with E-state index < -0.39 is 89.3 Å². The minimum atomic E-state index is -1.74. The van der Waals surface area contributed by atoms with Gasteiger partial charge in [0.1, 0.15) is 29.9 Å². The molecule has 2 aliphatic carbocycles. The van der Waals surface area contributed by atoms with E-state index in [0.717, 1.165) is 0 Å². The van der Waals surface area contributed by atoms with Crippen molar-refractivity contribution < 1.29 is 52.4 Å². The first kappa shape index (κ1) is 33.1. The van der Waals surface area contributed by atoms with Crippen LogP contribution in [0.3, 0.4) is 0 Å². The van der Waals surface area contributed by atoms with Gasteiger partial charge in [0, 0.05) is 32.9 Å². The van der Waals surface area contributed by atoms with E-state index in [1.54, 1.807) is 42.5 Å². The zero-order chi connectivity index (χ0) is 33.4. The van der Waals surface area contributed by atoms with Gasteiger partial charge in [-0.3, -0.25) is 14.4 Å². The van der Waals surface area contributed by atoms with E-state index in [4.69, 9.17) is 28.4 Å². The van der Waals surface area contributed by atoms with Gasteiger partial charge >= 0.3 is 29.8 Å². The molecule has 1 spiro atoms. The second-order valence-electron chi connectivity index (χ2n) is 12.8. The number of carbonyl (C=O) groups excluding carboxylic acids is 5. The molecule has 1 saturated heterocycles. The van der Waals surface area contributed by atoms with Crippen LogP contribution in [0.25, 0.3) is 0 Å². The van der Waals surface area contributed by atoms with Crippen LogP contribution < -0.4 is 0 Å². The summed E-state index contributed by atoms with van der Waals surface area (Å²) in [6, 6.07) is 13.0. The highest BCUT2D eigenvalue weighted by atomic mass is 16.6. The molecular weight excluding hydrogens is 598 g/mol. The molecule has 2 bridgehead atoms. The Morgan fingerprint density at radius 2 is 1.48 bits per heavy atom. The van der Waals surface area contributed by atoms with Gasteiger partial charge in [0.05, 0.1) is 16.8 Å². The van der Waals surface area contributed by atoms with E-state index >= 15 is 0 Å². The van der Waals surface area contributed by atoms with Gasteiger partial charge in [-0.25, -0.2) is 14.6 Å². The number of fused-ring (bicyclic) bond motifs is 1. The van der Waals surface area contributed by atoms with Crippen LogP contribution >= 0.6 is 0 Å². The second-order valence-corrected chi connectivity index (χ2v) is 12.8. The molecule has 0 N–H and O–H groups in total. The van der Waals surface area contributed by atoms with Crippen molar-refractivity contribution in [3.8, 4) is 0 Å². The Morgan fingerprint density at radius 3 is 2.09 bits per heavy atom. The second kappa shape index (κ2) is 12.5. The maximum Gasteiger partial charge on any atom is 0.356 e. The van der Waals surface area contributed by atoms with Crippen LogP contribution in [-0.2, 0) is 42.8 Å². The van der Waals surface area contributed by atoms with Crippen LogP contribution in [0.4, 0.5) is 0 Å². The van der Waals surface area contributed by atoms with Crippen molar-refractivity contribution in [3.63, 3.8) is 0 Å². The van der Waals surface area contributed by atoms with Crippen molar-refractivity contribution in [2.24, 2.45) is 17.3 Å². The predicted molar refractivity (Wildman–Crippen MR) is 159 cm³/mol. The number of hydrogen-bond acceptors (Lipinski definition) is 12. The molecular formula is C34H39NO11. The number of hydrogen-bond donors (Lipinski definition) is 0. The number of aromatic nitrogens is 1. The highest BCUT2D eigenvalue weighted by Crippen LogP contribution is 2.68. The number of carbonyl (C=O) groups is 5. The van der Waals surface area contributed by atoms with Gasteiger partial charge in [-0.05, 0) is 56.9 Å². The maximum absolute atomic E-state index is 13.9. The number of pyridine rings is 1. The van der Waals surface area contributed by atoms with Crippen molar-refractivity contribution >= 4 is 29.8 Å². The van der Waals surface area contributed by atoms with Crippen molar-refractivity contribution in [1.82, 2.24) is 4.98 Å². The van der Waals surface area contributed by atoms with Gasteiger partial charge in [-0.15, -0.1) is 0 Å². The molecule has 3 aliphatic rings. The molecule has 2 saturated carbocycles. The van der Waals surface area contributed by atoms with Crippen molar-refractivity contribution in [3.05, 3.63) is 66.0 Å². The summed E-state index contributed by atoms with van der Waals surface area (Å²) in [5, 5.41) is 0. The third kappa shape index (κ3) is 5.74. The fourth-order valence-electron chi connectivity index (χ4n) is 7.84. The van der Waals surface area contributed by atoms with Crippen LogP contribution in [0.2, 0.25) is 0 Å². The fourth-order valence-corrected chi connectivity index (χ4v) is 7.84. The lowest BCUT2D eigenvalue weighted by molar-refractivity contribution is -0.306. The molecule has 12 heteroatoms. The maximum atomic E-state index is 13.9. The highest BCUT2D eigenvalue weighted by molar-refractivity contribution is 5.89. The molecule has 8 atom stereocenters. The number of esters is 5. The summed E-state index contributed by atoms with van der Waals surface area (Å²) in [5.41, 5.74) is -3.75. The lowest BCUT2D eigenvalue weighted by atomic mass is 9.48. The molecule has 12 nitrogen and oxygen atoms in total. The van der Waals surface area contributed by atoms with Crippen molar-refractivity contribution in [2.45, 2.75) is 90.0 Å². The average molecular weight is 638 g/mol. The Bertz CT molecular complexity index is 1490. The van der Waals surface area contributed by atoms with Gasteiger partial charge in [0.2, 0.25) is 0 Å². The predicted octanol–water partition coefficient (Wildman–Crippen LogP) is 3.85. The van der Waals surface area contributed by atoms with Gasteiger partial charge in [0.25, 0.3) is 0 Å². The lowest BCUT2D eigenvalue weighted by Crippen LogP contribution is -2.77. The Labute approximate surface area is 267 Å². The van der Waals surface area contributed by atoms with E-state index in [-0.39, 0.29) is 24.1 Å². The Balaban J connectivity index is 1.77. The Morgan fingerprint density at radius 1 is 0.826 bits per heavy atom. The van der Waals surface area contributed by atoms with Crippen molar-refractivity contribution in [1.29, 1.82) is 0 Å². The van der Waals surface area contributed by atoms with Crippen LogP contribution in [-0.4, -0.2) is 77.1 Å².